The molecule has 1 amide bonds. The third kappa shape index (κ3) is 6.17. The highest BCUT2D eigenvalue weighted by Crippen LogP contribution is 2.40. The molecule has 0 bridgehead atoms. The number of nitro benzene ring substituents is 1. The Morgan fingerprint density at radius 3 is 2.49 bits per heavy atom. The van der Waals surface area contributed by atoms with Gasteiger partial charge in [0, 0.05) is 30.8 Å². The van der Waals surface area contributed by atoms with Crippen molar-refractivity contribution in [1.82, 2.24) is 9.80 Å². The van der Waals surface area contributed by atoms with E-state index in [0.29, 0.717) is 30.0 Å². The Balaban J connectivity index is 2.09. The lowest BCUT2D eigenvalue weighted by molar-refractivity contribution is -0.384. The van der Waals surface area contributed by atoms with E-state index in [1.165, 1.54) is 23.1 Å². The van der Waals surface area contributed by atoms with E-state index in [9.17, 15) is 24.8 Å². The van der Waals surface area contributed by atoms with Gasteiger partial charge in [0.1, 0.15) is 11.5 Å². The van der Waals surface area contributed by atoms with E-state index in [-0.39, 0.29) is 23.6 Å². The highest BCUT2D eigenvalue weighted by atomic mass is 16.6. The molecule has 1 aliphatic heterocycles. The minimum atomic E-state index is -0.948. The fraction of sp³-hybridized carbons (Fsp3) is 0.429. The Hall–Kier alpha value is -3.72. The average molecular weight is 510 g/mol. The maximum Gasteiger partial charge on any atom is 0.295 e. The molecule has 198 valence electrons. The largest absolute Gasteiger partial charge is 0.507 e. The lowest BCUT2D eigenvalue weighted by Crippen LogP contribution is -2.38. The van der Waals surface area contributed by atoms with Crippen LogP contribution in [0.5, 0.6) is 5.75 Å². The van der Waals surface area contributed by atoms with Crippen molar-refractivity contribution < 1.29 is 24.4 Å². The molecule has 0 spiro atoms. The number of aliphatic hydroxyl groups excluding tert-OH is 1. The lowest BCUT2D eigenvalue weighted by Gasteiger charge is -2.28. The summed E-state index contributed by atoms with van der Waals surface area (Å²) in [6, 6.07) is 10.0. The molecular formula is C28H35N3O6. The van der Waals surface area contributed by atoms with Gasteiger partial charge in [-0.1, -0.05) is 39.3 Å². The Morgan fingerprint density at radius 2 is 1.86 bits per heavy atom. The van der Waals surface area contributed by atoms with Crippen LogP contribution >= 0.6 is 0 Å². The molecule has 1 N–H and O–H groups in total. The lowest BCUT2D eigenvalue weighted by atomic mass is 9.94. The number of hydrogen-bond acceptors (Lipinski definition) is 7. The van der Waals surface area contributed by atoms with Crippen molar-refractivity contribution in [3.8, 4) is 5.75 Å². The number of aliphatic hydroxyl groups is 1. The Labute approximate surface area is 217 Å². The number of Topliss-reactive ketones (excluding diaryl/α,β-unsaturated/α-hetero) is 1. The SMILES string of the molecule is CCCCOc1ccc(C(O)=C2C(=O)C(=O)N(CCN(CC)CC)[C@@H]2c2cccc([N+](=O)[O-])c2)cc1C. The summed E-state index contributed by atoms with van der Waals surface area (Å²) in [6.45, 7) is 10.8. The van der Waals surface area contributed by atoms with Crippen molar-refractivity contribution in [2.24, 2.45) is 0 Å². The molecule has 1 fully saturated rings. The van der Waals surface area contributed by atoms with Gasteiger partial charge in [0.25, 0.3) is 17.4 Å². The first kappa shape index (κ1) is 27.9. The van der Waals surface area contributed by atoms with E-state index >= 15 is 0 Å². The summed E-state index contributed by atoms with van der Waals surface area (Å²) < 4.78 is 5.80. The number of likely N-dealkylation sites (tertiary alicyclic amines) is 1. The number of non-ortho nitro benzene ring substituents is 1. The Morgan fingerprint density at radius 1 is 1.14 bits per heavy atom. The smallest absolute Gasteiger partial charge is 0.295 e. The number of likely N-dealkylation sites (N-methyl/N-ethyl adjacent to an activating group) is 1. The molecule has 0 aromatic heterocycles. The van der Waals surface area contributed by atoms with Gasteiger partial charge in [-0.05, 0) is 55.8 Å². The molecule has 3 rings (SSSR count). The standard InChI is InChI=1S/C28H35N3O6/c1-5-8-16-37-23-13-12-21(17-19(23)4)26(32)24-25(20-10-9-11-22(18-20)31(35)36)30(28(34)27(24)33)15-14-29(6-2)7-3/h9-13,17-18,25,32H,5-8,14-16H2,1-4H3/t25-/m1/s1. The summed E-state index contributed by atoms with van der Waals surface area (Å²) >= 11 is 0. The van der Waals surface area contributed by atoms with Crippen molar-refractivity contribution in [3.05, 3.63) is 74.8 Å². The average Bonchev–Trinajstić information content (AvgIpc) is 3.15. The van der Waals surface area contributed by atoms with Gasteiger partial charge in [0.2, 0.25) is 0 Å². The number of carbonyl (C=O) groups is 2. The molecule has 9 heteroatoms. The zero-order chi connectivity index (χ0) is 27.1. The molecule has 1 saturated heterocycles. The second-order valence-electron chi connectivity index (χ2n) is 9.05. The van der Waals surface area contributed by atoms with Crippen molar-refractivity contribution in [2.75, 3.05) is 32.8 Å². The van der Waals surface area contributed by atoms with Crippen molar-refractivity contribution >= 4 is 23.1 Å². The molecule has 0 aliphatic carbocycles. The van der Waals surface area contributed by atoms with E-state index < -0.39 is 22.7 Å². The molecule has 1 aliphatic rings. The van der Waals surface area contributed by atoms with Crippen LogP contribution in [0.1, 0.15) is 56.3 Å². The van der Waals surface area contributed by atoms with Crippen LogP contribution in [-0.4, -0.2) is 64.3 Å². The number of nitro groups is 1. The number of aryl methyl sites for hydroxylation is 1. The quantitative estimate of drug-likeness (QED) is 0.109. The fourth-order valence-electron chi connectivity index (χ4n) is 4.50. The third-order valence-corrected chi connectivity index (χ3v) is 6.69. The molecule has 9 nitrogen and oxygen atoms in total. The highest BCUT2D eigenvalue weighted by molar-refractivity contribution is 6.46. The zero-order valence-electron chi connectivity index (χ0n) is 21.9. The van der Waals surface area contributed by atoms with Crippen LogP contribution in [0.15, 0.2) is 48.0 Å². The molecule has 2 aromatic rings. The van der Waals surface area contributed by atoms with Gasteiger partial charge in [-0.25, -0.2) is 0 Å². The minimum Gasteiger partial charge on any atom is -0.507 e. The first-order valence-electron chi connectivity index (χ1n) is 12.7. The predicted molar refractivity (Wildman–Crippen MR) is 141 cm³/mol. The number of hydrogen-bond donors (Lipinski definition) is 1. The van der Waals surface area contributed by atoms with E-state index in [4.69, 9.17) is 4.74 Å². The van der Waals surface area contributed by atoms with Crippen LogP contribution in [-0.2, 0) is 9.59 Å². The topological polar surface area (TPSA) is 113 Å². The van der Waals surface area contributed by atoms with Gasteiger partial charge in [-0.15, -0.1) is 0 Å². The third-order valence-electron chi connectivity index (χ3n) is 6.69. The van der Waals surface area contributed by atoms with Crippen LogP contribution in [0.2, 0.25) is 0 Å². The van der Waals surface area contributed by atoms with Gasteiger partial charge >= 0.3 is 0 Å². The molecule has 1 atom stereocenters. The summed E-state index contributed by atoms with van der Waals surface area (Å²) in [6.07, 6.45) is 1.92. The Kier molecular flexibility index (Phi) is 9.41. The fourth-order valence-corrected chi connectivity index (χ4v) is 4.50. The van der Waals surface area contributed by atoms with Crippen LogP contribution in [0.25, 0.3) is 5.76 Å². The van der Waals surface area contributed by atoms with Gasteiger partial charge in [-0.2, -0.15) is 0 Å². The maximum absolute atomic E-state index is 13.3. The van der Waals surface area contributed by atoms with Gasteiger partial charge in [-0.3, -0.25) is 19.7 Å². The number of ketones is 1. The first-order valence-corrected chi connectivity index (χ1v) is 12.7. The van der Waals surface area contributed by atoms with Crippen LogP contribution in [0, 0.1) is 17.0 Å². The van der Waals surface area contributed by atoms with Crippen LogP contribution in [0.4, 0.5) is 5.69 Å². The number of nitrogens with zero attached hydrogens (tertiary/aromatic N) is 3. The summed E-state index contributed by atoms with van der Waals surface area (Å²) in [7, 11) is 0. The molecular weight excluding hydrogens is 474 g/mol. The normalized spacial score (nSPS) is 17.0. The van der Waals surface area contributed by atoms with E-state index in [0.717, 1.165) is 31.5 Å². The van der Waals surface area contributed by atoms with Crippen LogP contribution < -0.4 is 4.74 Å². The molecule has 0 unspecified atom stereocenters. The summed E-state index contributed by atoms with van der Waals surface area (Å²) in [5, 5.41) is 22.8. The highest BCUT2D eigenvalue weighted by Gasteiger charge is 2.46. The molecule has 0 saturated carbocycles. The molecule has 1 heterocycles. The number of rotatable bonds is 12. The maximum atomic E-state index is 13.3. The summed E-state index contributed by atoms with van der Waals surface area (Å²) in [4.78, 5) is 40.9. The summed E-state index contributed by atoms with van der Waals surface area (Å²) in [5.74, 6) is -1.18. The van der Waals surface area contributed by atoms with Crippen molar-refractivity contribution in [2.45, 2.75) is 46.6 Å². The van der Waals surface area contributed by atoms with Gasteiger partial charge < -0.3 is 19.6 Å². The van der Waals surface area contributed by atoms with E-state index in [1.54, 1.807) is 24.3 Å². The second kappa shape index (κ2) is 12.5. The first-order chi connectivity index (χ1) is 17.7. The number of ether oxygens (including phenoxy) is 1. The second-order valence-corrected chi connectivity index (χ2v) is 9.05. The molecule has 37 heavy (non-hydrogen) atoms. The van der Waals surface area contributed by atoms with E-state index in [2.05, 4.69) is 11.8 Å². The van der Waals surface area contributed by atoms with Crippen LogP contribution in [0.3, 0.4) is 0 Å². The number of unbranched alkanes of at least 4 members (excludes halogenated alkanes) is 1. The number of amides is 1. The monoisotopic (exact) mass is 509 g/mol. The number of carbonyl (C=O) groups excluding carboxylic acids is 2. The molecule has 0 radical (unpaired) electrons. The van der Waals surface area contributed by atoms with E-state index in [1.807, 2.05) is 20.8 Å². The predicted octanol–water partition coefficient (Wildman–Crippen LogP) is 4.85. The van der Waals surface area contributed by atoms with Gasteiger partial charge in [0.05, 0.1) is 23.1 Å². The zero-order valence-corrected chi connectivity index (χ0v) is 21.9. The number of benzene rings is 2. The minimum absolute atomic E-state index is 0.0795. The van der Waals surface area contributed by atoms with Gasteiger partial charge in [0.15, 0.2) is 0 Å². The van der Waals surface area contributed by atoms with Crippen molar-refractivity contribution in [1.29, 1.82) is 0 Å². The Bertz CT molecular complexity index is 1190. The van der Waals surface area contributed by atoms with Crippen molar-refractivity contribution in [3.63, 3.8) is 0 Å². The molecule has 2 aromatic carbocycles. The summed E-state index contributed by atoms with van der Waals surface area (Å²) in [5.41, 5.74) is 1.31.